The maximum absolute atomic E-state index is 13.1. The number of hydrogen-bond donors (Lipinski definition) is 1. The van der Waals surface area contributed by atoms with Crippen LogP contribution in [0.4, 0.5) is 0 Å². The average molecular weight is 370 g/mol. The van der Waals surface area contributed by atoms with Crippen LogP contribution in [0.15, 0.2) is 48.7 Å². The summed E-state index contributed by atoms with van der Waals surface area (Å²) < 4.78 is 29.2. The molecule has 1 aliphatic heterocycles. The van der Waals surface area contributed by atoms with Crippen LogP contribution in [-0.4, -0.2) is 47.1 Å². The summed E-state index contributed by atoms with van der Waals surface area (Å²) in [5.41, 5.74) is 3.86. The highest BCUT2D eigenvalue weighted by molar-refractivity contribution is 7.86. The Kier molecular flexibility index (Phi) is 4.30. The standard InChI is InChI=1S/C19H22N4O2S/c1-3-22(2)26(24,25)23-13-11-15-14-8-4-5-9-16(14)21-18(15)19(23)17-10-6-7-12-20-17/h4-10,12,19,21H,3,11,13H2,1-2H3. The Morgan fingerprint density at radius 1 is 1.23 bits per heavy atom. The van der Waals surface area contributed by atoms with E-state index in [-0.39, 0.29) is 0 Å². The molecular weight excluding hydrogens is 348 g/mol. The number of aromatic nitrogens is 2. The minimum atomic E-state index is -3.58. The summed E-state index contributed by atoms with van der Waals surface area (Å²) in [4.78, 5) is 7.93. The minimum Gasteiger partial charge on any atom is -0.356 e. The highest BCUT2D eigenvalue weighted by Gasteiger charge is 2.40. The normalized spacial score (nSPS) is 18.3. The summed E-state index contributed by atoms with van der Waals surface area (Å²) in [7, 11) is -1.97. The Morgan fingerprint density at radius 3 is 2.73 bits per heavy atom. The number of benzene rings is 1. The zero-order chi connectivity index (χ0) is 18.3. The van der Waals surface area contributed by atoms with E-state index in [1.807, 2.05) is 43.3 Å². The molecule has 0 radical (unpaired) electrons. The molecule has 3 aromatic rings. The van der Waals surface area contributed by atoms with E-state index in [0.717, 1.165) is 22.3 Å². The van der Waals surface area contributed by atoms with Crippen LogP contribution in [0.5, 0.6) is 0 Å². The van der Waals surface area contributed by atoms with Crippen LogP contribution in [0.3, 0.4) is 0 Å². The second kappa shape index (κ2) is 6.50. The molecule has 0 saturated heterocycles. The SMILES string of the molecule is CCN(C)S(=O)(=O)N1CCc2c([nH]c3ccccc23)C1c1ccccn1. The number of rotatable bonds is 4. The predicted octanol–water partition coefficient (Wildman–Crippen LogP) is 2.71. The number of hydrogen-bond acceptors (Lipinski definition) is 3. The van der Waals surface area contributed by atoms with Gasteiger partial charge in [-0.15, -0.1) is 0 Å². The molecule has 3 heterocycles. The minimum absolute atomic E-state index is 0.424. The van der Waals surface area contributed by atoms with Gasteiger partial charge in [0.1, 0.15) is 6.04 Å². The molecule has 1 unspecified atom stereocenters. The lowest BCUT2D eigenvalue weighted by Gasteiger charge is -2.36. The van der Waals surface area contributed by atoms with Gasteiger partial charge in [0.15, 0.2) is 0 Å². The molecule has 1 aromatic carbocycles. The molecule has 0 spiro atoms. The summed E-state index contributed by atoms with van der Waals surface area (Å²) in [5.74, 6) is 0. The molecule has 0 amide bonds. The van der Waals surface area contributed by atoms with Crippen LogP contribution < -0.4 is 0 Å². The third-order valence-corrected chi connectivity index (χ3v) is 7.13. The van der Waals surface area contributed by atoms with Gasteiger partial charge in [-0.2, -0.15) is 17.0 Å². The van der Waals surface area contributed by atoms with Gasteiger partial charge in [-0.3, -0.25) is 4.98 Å². The van der Waals surface area contributed by atoms with Gasteiger partial charge in [0.2, 0.25) is 0 Å². The largest absolute Gasteiger partial charge is 0.356 e. The molecule has 0 saturated carbocycles. The Hall–Kier alpha value is -2.22. The summed E-state index contributed by atoms with van der Waals surface area (Å²) in [6.07, 6.45) is 2.39. The number of H-pyrrole nitrogens is 1. The maximum Gasteiger partial charge on any atom is 0.282 e. The number of aromatic amines is 1. The fourth-order valence-electron chi connectivity index (χ4n) is 3.64. The van der Waals surface area contributed by atoms with Crippen LogP contribution >= 0.6 is 0 Å². The van der Waals surface area contributed by atoms with Crippen molar-refractivity contribution in [2.24, 2.45) is 0 Å². The Labute approximate surface area is 153 Å². The fraction of sp³-hybridized carbons (Fsp3) is 0.316. The first-order valence-corrected chi connectivity index (χ1v) is 10.2. The van der Waals surface area contributed by atoms with Gasteiger partial charge >= 0.3 is 0 Å². The van der Waals surface area contributed by atoms with E-state index in [1.54, 1.807) is 17.5 Å². The molecule has 1 N–H and O–H groups in total. The first-order chi connectivity index (χ1) is 12.5. The van der Waals surface area contributed by atoms with Crippen molar-refractivity contribution in [3.63, 3.8) is 0 Å². The fourth-order valence-corrected chi connectivity index (χ4v) is 5.13. The molecule has 1 atom stereocenters. The third kappa shape index (κ3) is 2.63. The maximum atomic E-state index is 13.1. The van der Waals surface area contributed by atoms with Crippen LogP contribution in [0, 0.1) is 0 Å². The third-order valence-electron chi connectivity index (χ3n) is 5.09. The second-order valence-corrected chi connectivity index (χ2v) is 8.49. The van der Waals surface area contributed by atoms with Gasteiger partial charge < -0.3 is 4.98 Å². The summed E-state index contributed by atoms with van der Waals surface area (Å²) in [6, 6.07) is 13.3. The summed E-state index contributed by atoms with van der Waals surface area (Å²) in [6.45, 7) is 2.70. The monoisotopic (exact) mass is 370 g/mol. The Morgan fingerprint density at radius 2 is 2.00 bits per heavy atom. The summed E-state index contributed by atoms with van der Waals surface area (Å²) in [5, 5.41) is 1.16. The zero-order valence-corrected chi connectivity index (χ0v) is 15.7. The number of pyridine rings is 1. The molecule has 0 bridgehead atoms. The van der Waals surface area contributed by atoms with Crippen LogP contribution in [0.2, 0.25) is 0 Å². The molecule has 4 rings (SSSR count). The zero-order valence-electron chi connectivity index (χ0n) is 14.9. The smallest absolute Gasteiger partial charge is 0.282 e. The predicted molar refractivity (Wildman–Crippen MR) is 102 cm³/mol. The molecule has 7 heteroatoms. The van der Waals surface area contributed by atoms with E-state index in [0.29, 0.717) is 19.5 Å². The molecule has 0 fully saturated rings. The first kappa shape index (κ1) is 17.2. The van der Waals surface area contributed by atoms with Gasteiger partial charge in [-0.05, 0) is 30.2 Å². The number of para-hydroxylation sites is 1. The molecule has 1 aliphatic rings. The Balaban J connectivity index is 1.93. The van der Waals surface area contributed by atoms with Crippen LogP contribution in [0.1, 0.15) is 29.9 Å². The molecular formula is C19H22N4O2S. The highest BCUT2D eigenvalue weighted by Crippen LogP contribution is 2.39. The van der Waals surface area contributed by atoms with Crippen LogP contribution in [0.25, 0.3) is 10.9 Å². The van der Waals surface area contributed by atoms with Crippen molar-refractivity contribution in [2.45, 2.75) is 19.4 Å². The van der Waals surface area contributed by atoms with E-state index in [2.05, 4.69) is 16.0 Å². The molecule has 0 aliphatic carbocycles. The van der Waals surface area contributed by atoms with Crippen molar-refractivity contribution in [2.75, 3.05) is 20.1 Å². The van der Waals surface area contributed by atoms with Crippen molar-refractivity contribution in [1.29, 1.82) is 0 Å². The summed E-state index contributed by atoms with van der Waals surface area (Å²) >= 11 is 0. The number of nitrogens with zero attached hydrogens (tertiary/aromatic N) is 3. The van der Waals surface area contributed by atoms with Crippen molar-refractivity contribution in [3.05, 3.63) is 65.6 Å². The van der Waals surface area contributed by atoms with Gasteiger partial charge in [-0.1, -0.05) is 31.2 Å². The van der Waals surface area contributed by atoms with E-state index in [9.17, 15) is 8.42 Å². The van der Waals surface area contributed by atoms with Crippen molar-refractivity contribution in [1.82, 2.24) is 18.6 Å². The van der Waals surface area contributed by atoms with Gasteiger partial charge in [0.25, 0.3) is 10.2 Å². The van der Waals surface area contributed by atoms with E-state index < -0.39 is 16.3 Å². The van der Waals surface area contributed by atoms with E-state index in [1.165, 1.54) is 9.87 Å². The quantitative estimate of drug-likeness (QED) is 0.768. The van der Waals surface area contributed by atoms with Crippen molar-refractivity contribution in [3.8, 4) is 0 Å². The van der Waals surface area contributed by atoms with E-state index in [4.69, 9.17) is 0 Å². The van der Waals surface area contributed by atoms with Gasteiger partial charge in [0, 0.05) is 42.9 Å². The van der Waals surface area contributed by atoms with Gasteiger partial charge in [0.05, 0.1) is 5.69 Å². The van der Waals surface area contributed by atoms with Crippen molar-refractivity contribution < 1.29 is 8.42 Å². The molecule has 6 nitrogen and oxygen atoms in total. The molecule has 26 heavy (non-hydrogen) atoms. The molecule has 136 valence electrons. The first-order valence-electron chi connectivity index (χ1n) is 8.77. The van der Waals surface area contributed by atoms with E-state index >= 15 is 0 Å². The highest BCUT2D eigenvalue weighted by atomic mass is 32.2. The lowest BCUT2D eigenvalue weighted by atomic mass is 9.97. The topological polar surface area (TPSA) is 69.3 Å². The second-order valence-electron chi connectivity index (χ2n) is 6.50. The van der Waals surface area contributed by atoms with Crippen molar-refractivity contribution >= 4 is 21.1 Å². The van der Waals surface area contributed by atoms with Gasteiger partial charge in [-0.25, -0.2) is 0 Å². The average Bonchev–Trinajstić information content (AvgIpc) is 3.05. The lowest BCUT2D eigenvalue weighted by Crippen LogP contribution is -2.47. The van der Waals surface area contributed by atoms with Crippen LogP contribution in [-0.2, 0) is 16.6 Å². The Bertz CT molecular complexity index is 1030. The number of nitrogens with one attached hydrogen (secondary N) is 1. The molecule has 2 aromatic heterocycles. The lowest BCUT2D eigenvalue weighted by molar-refractivity contribution is 0.306. The number of fused-ring (bicyclic) bond motifs is 3.